The van der Waals surface area contributed by atoms with E-state index in [1.807, 2.05) is 12.1 Å². The van der Waals surface area contributed by atoms with E-state index in [2.05, 4.69) is 21.2 Å². The molecule has 1 aromatic rings. The fourth-order valence-corrected chi connectivity index (χ4v) is 2.20. The van der Waals surface area contributed by atoms with Crippen molar-refractivity contribution < 1.29 is 9.84 Å². The van der Waals surface area contributed by atoms with Gasteiger partial charge in [-0.25, -0.2) is 0 Å². The highest BCUT2D eigenvalue weighted by Gasteiger charge is 2.36. The van der Waals surface area contributed by atoms with Gasteiger partial charge in [-0.2, -0.15) is 0 Å². The van der Waals surface area contributed by atoms with Crippen molar-refractivity contribution in [3.8, 4) is 5.75 Å². The van der Waals surface area contributed by atoms with Gasteiger partial charge in [0.25, 0.3) is 0 Å². The number of phenolic OH excluding ortho intramolecular Hbond substituents is 1. The van der Waals surface area contributed by atoms with Gasteiger partial charge < -0.3 is 15.2 Å². The van der Waals surface area contributed by atoms with Crippen LogP contribution >= 0.6 is 15.9 Å². The van der Waals surface area contributed by atoms with Gasteiger partial charge in [-0.3, -0.25) is 0 Å². The van der Waals surface area contributed by atoms with Crippen LogP contribution in [0.4, 0.5) is 0 Å². The van der Waals surface area contributed by atoms with Crippen molar-refractivity contribution in [2.75, 3.05) is 20.2 Å². The Kier molecular flexibility index (Phi) is 3.00. The van der Waals surface area contributed by atoms with Gasteiger partial charge in [0, 0.05) is 26.6 Å². The van der Waals surface area contributed by atoms with E-state index < -0.39 is 0 Å². The minimum absolute atomic E-state index is 0.0591. The van der Waals surface area contributed by atoms with Crippen LogP contribution in [0.1, 0.15) is 5.56 Å². The average molecular weight is 272 g/mol. The van der Waals surface area contributed by atoms with E-state index in [1.165, 1.54) is 5.56 Å². The summed E-state index contributed by atoms with van der Waals surface area (Å²) in [7, 11) is 1.75. The number of benzene rings is 1. The highest BCUT2D eigenvalue weighted by Crippen LogP contribution is 2.28. The van der Waals surface area contributed by atoms with Crippen molar-refractivity contribution in [1.29, 1.82) is 0 Å². The van der Waals surface area contributed by atoms with E-state index in [1.54, 1.807) is 13.2 Å². The van der Waals surface area contributed by atoms with Crippen LogP contribution < -0.4 is 5.32 Å². The Labute approximate surface area is 97.6 Å². The number of phenols is 1. The maximum atomic E-state index is 9.38. The van der Waals surface area contributed by atoms with Crippen molar-refractivity contribution >= 4 is 15.9 Å². The summed E-state index contributed by atoms with van der Waals surface area (Å²) in [5, 5.41) is 12.6. The molecule has 2 rings (SSSR count). The van der Waals surface area contributed by atoms with E-state index in [9.17, 15) is 5.11 Å². The molecule has 15 heavy (non-hydrogen) atoms. The van der Waals surface area contributed by atoms with Gasteiger partial charge in [-0.05, 0) is 33.6 Å². The van der Waals surface area contributed by atoms with Crippen LogP contribution in [0, 0.1) is 0 Å². The Balaban J connectivity index is 2.13. The summed E-state index contributed by atoms with van der Waals surface area (Å²) in [6.07, 6.45) is 0.870. The van der Waals surface area contributed by atoms with E-state index >= 15 is 0 Å². The second-order valence-corrected chi connectivity index (χ2v) is 4.81. The molecule has 0 saturated carbocycles. The molecule has 82 valence electrons. The molecule has 1 aliphatic rings. The van der Waals surface area contributed by atoms with Crippen LogP contribution in [-0.2, 0) is 11.2 Å². The zero-order valence-electron chi connectivity index (χ0n) is 8.59. The van der Waals surface area contributed by atoms with Crippen molar-refractivity contribution in [1.82, 2.24) is 5.32 Å². The Hall–Kier alpha value is -0.580. The van der Waals surface area contributed by atoms with Gasteiger partial charge in [0.1, 0.15) is 5.75 Å². The standard InChI is InChI=1S/C11H14BrNO2/c1-15-11(6-13-7-11)5-8-2-3-10(14)9(12)4-8/h2-4,13-14H,5-7H2,1H3. The monoisotopic (exact) mass is 271 g/mol. The molecule has 0 aromatic heterocycles. The Bertz CT molecular complexity index is 358. The first-order valence-electron chi connectivity index (χ1n) is 4.88. The van der Waals surface area contributed by atoms with Crippen LogP contribution in [-0.4, -0.2) is 30.9 Å². The topological polar surface area (TPSA) is 41.5 Å². The SMILES string of the molecule is COC1(Cc2ccc(O)c(Br)c2)CNC1. The van der Waals surface area contributed by atoms with Gasteiger partial charge in [-0.15, -0.1) is 0 Å². The molecule has 1 aliphatic heterocycles. The van der Waals surface area contributed by atoms with Crippen molar-refractivity contribution in [3.63, 3.8) is 0 Å². The molecule has 2 N–H and O–H groups in total. The van der Waals surface area contributed by atoms with E-state index in [4.69, 9.17) is 4.74 Å². The van der Waals surface area contributed by atoms with Crippen molar-refractivity contribution in [3.05, 3.63) is 28.2 Å². The number of rotatable bonds is 3. The lowest BCUT2D eigenvalue weighted by molar-refractivity contribution is -0.0502. The molecule has 0 spiro atoms. The zero-order valence-corrected chi connectivity index (χ0v) is 10.2. The maximum absolute atomic E-state index is 9.38. The summed E-state index contributed by atoms with van der Waals surface area (Å²) >= 11 is 3.31. The molecule has 0 atom stereocenters. The lowest BCUT2D eigenvalue weighted by Gasteiger charge is -2.41. The number of ether oxygens (including phenoxy) is 1. The first-order chi connectivity index (χ1) is 7.15. The number of hydrogen-bond donors (Lipinski definition) is 2. The van der Waals surface area contributed by atoms with Gasteiger partial charge in [-0.1, -0.05) is 6.07 Å². The smallest absolute Gasteiger partial charge is 0.129 e. The average Bonchev–Trinajstić information content (AvgIpc) is 2.17. The third kappa shape index (κ3) is 2.17. The van der Waals surface area contributed by atoms with E-state index in [0.29, 0.717) is 0 Å². The quantitative estimate of drug-likeness (QED) is 0.879. The molecule has 4 heteroatoms. The number of hydrogen-bond acceptors (Lipinski definition) is 3. The third-order valence-corrected chi connectivity index (χ3v) is 3.50. The van der Waals surface area contributed by atoms with E-state index in [0.717, 1.165) is 24.0 Å². The summed E-state index contributed by atoms with van der Waals surface area (Å²) in [5.74, 6) is 0.275. The predicted molar refractivity (Wildman–Crippen MR) is 62.1 cm³/mol. The number of methoxy groups -OCH3 is 1. The van der Waals surface area contributed by atoms with Gasteiger partial charge in [0.15, 0.2) is 0 Å². The molecule has 0 bridgehead atoms. The molecular weight excluding hydrogens is 258 g/mol. The van der Waals surface area contributed by atoms with Crippen LogP contribution in [0.3, 0.4) is 0 Å². The number of aromatic hydroxyl groups is 1. The second-order valence-electron chi connectivity index (χ2n) is 3.95. The van der Waals surface area contributed by atoms with Gasteiger partial charge in [0.05, 0.1) is 10.1 Å². The molecule has 1 heterocycles. The minimum Gasteiger partial charge on any atom is -0.507 e. The lowest BCUT2D eigenvalue weighted by atomic mass is 9.89. The van der Waals surface area contributed by atoms with Crippen LogP contribution in [0.5, 0.6) is 5.75 Å². The van der Waals surface area contributed by atoms with Crippen molar-refractivity contribution in [2.45, 2.75) is 12.0 Å². The lowest BCUT2D eigenvalue weighted by Crippen LogP contribution is -2.61. The second kappa shape index (κ2) is 4.12. The molecular formula is C11H14BrNO2. The molecule has 3 nitrogen and oxygen atoms in total. The summed E-state index contributed by atoms with van der Waals surface area (Å²) in [6, 6.07) is 5.57. The summed E-state index contributed by atoms with van der Waals surface area (Å²) < 4.78 is 6.24. The Morgan fingerprint density at radius 1 is 1.53 bits per heavy atom. The molecule has 0 amide bonds. The van der Waals surface area contributed by atoms with Gasteiger partial charge >= 0.3 is 0 Å². The first-order valence-corrected chi connectivity index (χ1v) is 5.68. The van der Waals surface area contributed by atoms with E-state index in [-0.39, 0.29) is 11.4 Å². The number of halogens is 1. The molecule has 0 radical (unpaired) electrons. The third-order valence-electron chi connectivity index (χ3n) is 2.87. The first kappa shape index (κ1) is 10.9. The largest absolute Gasteiger partial charge is 0.507 e. The highest BCUT2D eigenvalue weighted by molar-refractivity contribution is 9.10. The fourth-order valence-electron chi connectivity index (χ4n) is 1.78. The maximum Gasteiger partial charge on any atom is 0.129 e. The van der Waals surface area contributed by atoms with Crippen LogP contribution in [0.25, 0.3) is 0 Å². The van der Waals surface area contributed by atoms with Crippen molar-refractivity contribution in [2.24, 2.45) is 0 Å². The number of nitrogens with one attached hydrogen (secondary N) is 1. The van der Waals surface area contributed by atoms with Crippen LogP contribution in [0.2, 0.25) is 0 Å². The summed E-state index contributed by atoms with van der Waals surface area (Å²) in [4.78, 5) is 0. The van der Waals surface area contributed by atoms with Crippen LogP contribution in [0.15, 0.2) is 22.7 Å². The molecule has 1 saturated heterocycles. The molecule has 0 aliphatic carbocycles. The molecule has 1 aromatic carbocycles. The Morgan fingerprint density at radius 2 is 2.27 bits per heavy atom. The zero-order chi connectivity index (χ0) is 10.9. The summed E-state index contributed by atoms with van der Waals surface area (Å²) in [6.45, 7) is 1.78. The van der Waals surface area contributed by atoms with Gasteiger partial charge in [0.2, 0.25) is 0 Å². The minimum atomic E-state index is -0.0591. The molecule has 0 unspecified atom stereocenters. The normalized spacial score (nSPS) is 18.5. The summed E-state index contributed by atoms with van der Waals surface area (Å²) in [5.41, 5.74) is 1.11. The molecule has 1 fully saturated rings. The fraction of sp³-hybridized carbons (Fsp3) is 0.455. The highest BCUT2D eigenvalue weighted by atomic mass is 79.9. The Morgan fingerprint density at radius 3 is 2.73 bits per heavy atom. The predicted octanol–water partition coefficient (Wildman–Crippen LogP) is 1.69.